The van der Waals surface area contributed by atoms with E-state index in [0.29, 0.717) is 50.1 Å². The summed E-state index contributed by atoms with van der Waals surface area (Å²) in [5.74, 6) is -2.11. The molecule has 3 heterocycles. The van der Waals surface area contributed by atoms with Gasteiger partial charge < -0.3 is 16.3 Å². The quantitative estimate of drug-likeness (QED) is 0.351. The molecule has 1 saturated carbocycles. The molecule has 7 nitrogen and oxygen atoms in total. The van der Waals surface area contributed by atoms with Crippen molar-refractivity contribution in [2.24, 2.45) is 0 Å². The molecule has 1 aliphatic carbocycles. The Balaban J connectivity index is 0.00000212. The molecule has 2 aliphatic heterocycles. The third kappa shape index (κ3) is 5.96. The first-order chi connectivity index (χ1) is 19.6. The number of carbonyl (C=O) groups is 2. The van der Waals surface area contributed by atoms with Gasteiger partial charge in [-0.15, -0.1) is 0 Å². The summed E-state index contributed by atoms with van der Waals surface area (Å²) < 4.78 is 57.4. The minimum atomic E-state index is -4.45. The molecule has 1 unspecified atom stereocenters. The third-order valence-electron chi connectivity index (χ3n) is 8.56. The number of carboxylic acids is 1. The van der Waals surface area contributed by atoms with Crippen molar-refractivity contribution in [3.05, 3.63) is 82.4 Å². The Morgan fingerprint density at radius 2 is 1.67 bits per heavy atom. The summed E-state index contributed by atoms with van der Waals surface area (Å²) in [6.45, 7) is 1.71. The summed E-state index contributed by atoms with van der Waals surface area (Å²) in [6.07, 6.45) is 0.876. The molecule has 0 spiro atoms. The summed E-state index contributed by atoms with van der Waals surface area (Å²) in [4.78, 5) is 28.3. The minimum absolute atomic E-state index is 0. The van der Waals surface area contributed by atoms with Crippen LogP contribution in [0.4, 0.5) is 23.2 Å². The molecule has 3 aromatic rings. The number of hydrogen-bond donors (Lipinski definition) is 1. The normalized spacial score (nSPS) is 19.6. The number of hydrogen-bond acceptors (Lipinski definition) is 4. The van der Waals surface area contributed by atoms with E-state index in [1.165, 1.54) is 24.3 Å². The van der Waals surface area contributed by atoms with Crippen molar-refractivity contribution < 1.29 is 63.2 Å². The van der Waals surface area contributed by atoms with E-state index in [1.807, 2.05) is 9.58 Å². The van der Waals surface area contributed by atoms with Crippen molar-refractivity contribution >= 4 is 17.6 Å². The van der Waals surface area contributed by atoms with E-state index in [9.17, 15) is 27.2 Å². The number of aromatic nitrogens is 2. The first-order valence-corrected chi connectivity index (χ1v) is 13.9. The van der Waals surface area contributed by atoms with E-state index in [1.54, 1.807) is 17.2 Å². The number of aromatic carboxylic acids is 1. The van der Waals surface area contributed by atoms with Crippen LogP contribution in [0.25, 0.3) is 0 Å². The van der Waals surface area contributed by atoms with Crippen LogP contribution in [0.15, 0.2) is 48.7 Å². The molecular formula is C30H31F4N4NaO3. The van der Waals surface area contributed by atoms with Crippen LogP contribution in [0.2, 0.25) is 0 Å². The second-order valence-electron chi connectivity index (χ2n) is 11.2. The Hall–Kier alpha value is -2.89. The topological polar surface area (TPSA) is 78.7 Å². The maximum Gasteiger partial charge on any atom is 1.00 e. The second-order valence-corrected chi connectivity index (χ2v) is 11.2. The Labute approximate surface area is 264 Å². The molecule has 3 aliphatic rings. The fourth-order valence-corrected chi connectivity index (χ4v) is 6.32. The fourth-order valence-electron chi connectivity index (χ4n) is 6.32. The SMILES string of the molecule is O=C(O)c1ccc(N2CCC(n3ncc(C(=O)N4CCC(c5ccccc5C(F)(F)F)C4)c3C3CC3)CC2)c(F)c1.[H-].[Na+]. The number of halogens is 4. The van der Waals surface area contributed by atoms with Gasteiger partial charge in [-0.25, -0.2) is 9.18 Å². The molecule has 1 N–H and O–H groups in total. The van der Waals surface area contributed by atoms with E-state index in [2.05, 4.69) is 5.10 Å². The Morgan fingerprint density at radius 1 is 0.952 bits per heavy atom. The van der Waals surface area contributed by atoms with E-state index >= 15 is 0 Å². The monoisotopic (exact) mass is 594 g/mol. The van der Waals surface area contributed by atoms with Crippen LogP contribution < -0.4 is 34.5 Å². The van der Waals surface area contributed by atoms with Crippen LogP contribution in [-0.2, 0) is 6.18 Å². The molecule has 6 rings (SSSR count). The minimum Gasteiger partial charge on any atom is -1.00 e. The number of nitrogens with zero attached hydrogens (tertiary/aromatic N) is 4. The summed E-state index contributed by atoms with van der Waals surface area (Å²) in [5, 5.41) is 13.7. The number of anilines is 1. The number of carbonyl (C=O) groups excluding carboxylic acids is 1. The maximum absolute atomic E-state index is 14.6. The van der Waals surface area contributed by atoms with Crippen LogP contribution in [0, 0.1) is 5.82 Å². The molecule has 1 atom stereocenters. The molecular weight excluding hydrogens is 563 g/mol. The van der Waals surface area contributed by atoms with E-state index in [4.69, 9.17) is 5.11 Å². The van der Waals surface area contributed by atoms with Gasteiger partial charge in [0.25, 0.3) is 5.91 Å². The molecule has 3 fully saturated rings. The van der Waals surface area contributed by atoms with Gasteiger partial charge in [-0.05, 0) is 61.9 Å². The first kappa shape index (κ1) is 30.6. The Kier molecular flexibility index (Phi) is 8.74. The molecule has 218 valence electrons. The average molecular weight is 595 g/mol. The predicted molar refractivity (Wildman–Crippen MR) is 144 cm³/mol. The molecule has 2 aromatic carbocycles. The number of alkyl halides is 3. The van der Waals surface area contributed by atoms with Crippen molar-refractivity contribution in [1.82, 2.24) is 14.7 Å². The van der Waals surface area contributed by atoms with Gasteiger partial charge in [0.15, 0.2) is 0 Å². The van der Waals surface area contributed by atoms with Crippen LogP contribution in [0.1, 0.15) is 88.9 Å². The van der Waals surface area contributed by atoms with Gasteiger partial charge in [0.1, 0.15) is 5.82 Å². The third-order valence-corrected chi connectivity index (χ3v) is 8.56. The zero-order chi connectivity index (χ0) is 28.9. The van der Waals surface area contributed by atoms with Gasteiger partial charge in [-0.3, -0.25) is 9.48 Å². The van der Waals surface area contributed by atoms with Gasteiger partial charge >= 0.3 is 41.7 Å². The largest absolute Gasteiger partial charge is 1.00 e. The van der Waals surface area contributed by atoms with Crippen molar-refractivity contribution in [1.29, 1.82) is 0 Å². The van der Waals surface area contributed by atoms with Crippen molar-refractivity contribution in [3.63, 3.8) is 0 Å². The van der Waals surface area contributed by atoms with Gasteiger partial charge in [0.2, 0.25) is 0 Å². The number of carboxylic acid groups (broad SMARTS) is 1. The standard InChI is InChI=1S/C30H30F4N4O3.Na.H/c31-25-15-19(29(40)41)7-8-26(25)36-13-10-21(11-14-36)38-27(18-5-6-18)23(16-35-38)28(39)37-12-9-20(17-37)22-3-1-2-4-24(22)30(32,33)34;;/h1-4,7-8,15-16,18,20-21H,5-6,9-14,17H2,(H,40,41);;/q;+1;-1. The van der Waals surface area contributed by atoms with Gasteiger partial charge in [-0.1, -0.05) is 18.2 Å². The number of piperidine rings is 1. The van der Waals surface area contributed by atoms with Gasteiger partial charge in [0, 0.05) is 38.0 Å². The zero-order valence-electron chi connectivity index (χ0n) is 24.3. The summed E-state index contributed by atoms with van der Waals surface area (Å²) >= 11 is 0. The summed E-state index contributed by atoms with van der Waals surface area (Å²) in [7, 11) is 0. The molecule has 0 bridgehead atoms. The zero-order valence-corrected chi connectivity index (χ0v) is 25.3. The van der Waals surface area contributed by atoms with E-state index in [-0.39, 0.29) is 72.4 Å². The first-order valence-electron chi connectivity index (χ1n) is 13.9. The van der Waals surface area contributed by atoms with Crippen LogP contribution in [0.5, 0.6) is 0 Å². The Morgan fingerprint density at radius 3 is 2.31 bits per heavy atom. The molecule has 2 saturated heterocycles. The molecule has 1 aromatic heterocycles. The van der Waals surface area contributed by atoms with Gasteiger partial charge in [-0.2, -0.15) is 18.3 Å². The van der Waals surface area contributed by atoms with Crippen molar-refractivity contribution in [2.75, 3.05) is 31.1 Å². The van der Waals surface area contributed by atoms with Crippen LogP contribution in [-0.4, -0.2) is 57.8 Å². The van der Waals surface area contributed by atoms with Crippen molar-refractivity contribution in [3.8, 4) is 0 Å². The molecule has 0 radical (unpaired) electrons. The number of benzene rings is 2. The van der Waals surface area contributed by atoms with E-state index < -0.39 is 23.5 Å². The summed E-state index contributed by atoms with van der Waals surface area (Å²) in [6, 6.07) is 9.54. The van der Waals surface area contributed by atoms with Crippen LogP contribution in [0.3, 0.4) is 0 Å². The van der Waals surface area contributed by atoms with Gasteiger partial charge in [0.05, 0.1) is 40.3 Å². The maximum atomic E-state index is 14.6. The van der Waals surface area contributed by atoms with Crippen LogP contribution >= 0.6 is 0 Å². The number of rotatable bonds is 6. The average Bonchev–Trinajstić information content (AvgIpc) is 3.50. The molecule has 12 heteroatoms. The number of amides is 1. The Bertz CT molecular complexity index is 1490. The predicted octanol–water partition coefficient (Wildman–Crippen LogP) is 3.20. The number of likely N-dealkylation sites (tertiary alicyclic amines) is 1. The van der Waals surface area contributed by atoms with E-state index in [0.717, 1.165) is 30.7 Å². The second kappa shape index (κ2) is 12.0. The smallest absolute Gasteiger partial charge is 1.00 e. The molecule has 42 heavy (non-hydrogen) atoms. The van der Waals surface area contributed by atoms with Crippen molar-refractivity contribution in [2.45, 2.75) is 56.2 Å². The summed E-state index contributed by atoms with van der Waals surface area (Å²) in [5.41, 5.74) is 1.27. The fraction of sp³-hybridized carbons (Fsp3) is 0.433. The molecule has 1 amide bonds.